The van der Waals surface area contributed by atoms with Crippen molar-refractivity contribution in [3.8, 4) is 0 Å². The molecule has 0 fully saturated rings. The van der Waals surface area contributed by atoms with Gasteiger partial charge in [-0.2, -0.15) is 8.42 Å². The van der Waals surface area contributed by atoms with Gasteiger partial charge < -0.3 is 0 Å². The van der Waals surface area contributed by atoms with Gasteiger partial charge in [-0.25, -0.2) is 0 Å². The molecule has 0 amide bonds. The Kier molecular flexibility index (Phi) is 19.5. The molecule has 0 N–H and O–H groups in total. The zero-order chi connectivity index (χ0) is 27.4. The lowest BCUT2D eigenvalue weighted by Gasteiger charge is -2.04. The summed E-state index contributed by atoms with van der Waals surface area (Å²) in [6.45, 7) is 17.0. The minimum atomic E-state index is -3.36. The summed E-state index contributed by atoms with van der Waals surface area (Å²) >= 11 is 0. The molecule has 0 atom stereocenters. The van der Waals surface area contributed by atoms with Gasteiger partial charge in [0.05, 0.1) is 12.4 Å². The van der Waals surface area contributed by atoms with E-state index < -0.39 is 10.1 Å². The number of allylic oxidation sites excluding steroid dienone is 11. The fourth-order valence-corrected chi connectivity index (χ4v) is 4.09. The molecule has 0 aromatic carbocycles. The van der Waals surface area contributed by atoms with Crippen molar-refractivity contribution in [2.75, 3.05) is 12.4 Å². The van der Waals surface area contributed by atoms with E-state index in [9.17, 15) is 8.42 Å². The minimum absolute atomic E-state index is 0.0151. The molecule has 0 aliphatic rings. The van der Waals surface area contributed by atoms with Gasteiger partial charge in [-0.05, 0) is 120 Å². The van der Waals surface area contributed by atoms with E-state index >= 15 is 0 Å². The Bertz CT molecular complexity index is 905. The molecule has 0 unspecified atom stereocenters. The second-order valence-corrected chi connectivity index (χ2v) is 12.3. The van der Waals surface area contributed by atoms with Gasteiger partial charge in [0.2, 0.25) is 0 Å². The first-order chi connectivity index (χ1) is 16.9. The maximum Gasteiger partial charge on any atom is 0.267 e. The molecular formula is C32H54O3S. The number of rotatable bonds is 19. The van der Waals surface area contributed by atoms with Gasteiger partial charge in [0.25, 0.3) is 10.1 Å². The second kappa shape index (κ2) is 20.4. The van der Waals surface area contributed by atoms with E-state index in [0.717, 1.165) is 63.4 Å². The highest BCUT2D eigenvalue weighted by Gasteiger charge is 2.05. The molecule has 0 saturated heterocycles. The van der Waals surface area contributed by atoms with Crippen molar-refractivity contribution in [1.29, 1.82) is 0 Å². The molecule has 0 aliphatic carbocycles. The molecule has 0 heterocycles. The summed E-state index contributed by atoms with van der Waals surface area (Å²) in [6, 6.07) is 0. The molecule has 0 saturated carbocycles. The second-order valence-electron chi connectivity index (χ2n) is 10.4. The van der Waals surface area contributed by atoms with Crippen LogP contribution in [0, 0.1) is 0 Å². The van der Waals surface area contributed by atoms with Crippen LogP contribution in [0.1, 0.15) is 120 Å². The average Bonchev–Trinajstić information content (AvgIpc) is 2.78. The topological polar surface area (TPSA) is 43.4 Å². The molecule has 0 aromatic heterocycles. The molecule has 206 valence electrons. The summed E-state index contributed by atoms with van der Waals surface area (Å²) in [7, 11) is -3.36. The predicted octanol–water partition coefficient (Wildman–Crippen LogP) is 9.95. The van der Waals surface area contributed by atoms with Crippen molar-refractivity contribution in [3.63, 3.8) is 0 Å². The quantitative estimate of drug-likeness (QED) is 0.126. The molecule has 0 radical (unpaired) electrons. The van der Waals surface area contributed by atoms with Crippen molar-refractivity contribution >= 4 is 10.1 Å². The van der Waals surface area contributed by atoms with Crippen LogP contribution in [0.2, 0.25) is 0 Å². The Labute approximate surface area is 224 Å². The monoisotopic (exact) mass is 518 g/mol. The summed E-state index contributed by atoms with van der Waals surface area (Å²) in [5, 5.41) is 0. The van der Waals surface area contributed by atoms with Crippen LogP contribution in [-0.4, -0.2) is 20.8 Å². The highest BCUT2D eigenvalue weighted by molar-refractivity contribution is 7.86. The fourth-order valence-electron chi connectivity index (χ4n) is 3.65. The highest BCUT2D eigenvalue weighted by atomic mass is 32.2. The summed E-state index contributed by atoms with van der Waals surface area (Å²) in [5.74, 6) is 0.0151. The minimum Gasteiger partial charge on any atom is -0.266 e. The van der Waals surface area contributed by atoms with Gasteiger partial charge in [0.1, 0.15) is 0 Å². The number of hydrogen-bond acceptors (Lipinski definition) is 3. The van der Waals surface area contributed by atoms with Crippen LogP contribution in [-0.2, 0) is 14.3 Å². The Balaban J connectivity index is 4.17. The van der Waals surface area contributed by atoms with Crippen LogP contribution in [0.3, 0.4) is 0 Å². The first kappa shape index (κ1) is 34.4. The van der Waals surface area contributed by atoms with E-state index in [1.807, 2.05) is 13.0 Å². The van der Waals surface area contributed by atoms with Crippen LogP contribution in [0.15, 0.2) is 69.9 Å². The average molecular weight is 519 g/mol. The van der Waals surface area contributed by atoms with E-state index in [-0.39, 0.29) is 12.4 Å². The van der Waals surface area contributed by atoms with Crippen molar-refractivity contribution in [2.24, 2.45) is 0 Å². The normalized spacial score (nSPS) is 14.4. The van der Waals surface area contributed by atoms with Crippen LogP contribution >= 0.6 is 0 Å². The molecule has 0 aromatic rings. The molecule has 4 heteroatoms. The third-order valence-electron chi connectivity index (χ3n) is 6.25. The van der Waals surface area contributed by atoms with Crippen LogP contribution in [0.4, 0.5) is 0 Å². The highest BCUT2D eigenvalue weighted by Crippen LogP contribution is 2.15. The summed E-state index contributed by atoms with van der Waals surface area (Å²) in [5.41, 5.74) is 8.46. The molecule has 0 rings (SSSR count). The van der Waals surface area contributed by atoms with Gasteiger partial charge >= 0.3 is 0 Å². The van der Waals surface area contributed by atoms with Crippen molar-refractivity contribution in [2.45, 2.75) is 120 Å². The molecule has 0 bridgehead atoms. The van der Waals surface area contributed by atoms with Crippen LogP contribution < -0.4 is 0 Å². The Hall–Kier alpha value is -1.65. The maximum atomic E-state index is 11.3. The molecule has 3 nitrogen and oxygen atoms in total. The fraction of sp³-hybridized carbons (Fsp3) is 0.625. The van der Waals surface area contributed by atoms with Gasteiger partial charge in [-0.3, -0.25) is 4.18 Å². The van der Waals surface area contributed by atoms with Crippen molar-refractivity contribution < 1.29 is 12.6 Å². The zero-order valence-corrected chi connectivity index (χ0v) is 25.4. The summed E-state index contributed by atoms with van der Waals surface area (Å²) in [4.78, 5) is 0. The smallest absolute Gasteiger partial charge is 0.266 e. The third kappa shape index (κ3) is 21.6. The standard InChI is InChI=1S/C32H54O3S/c1-9-36(33,34)35-26-25-32(8)24-14-23-31(7)22-13-21-30(6)20-12-19-29(5)18-11-17-28(4)16-10-15-27(2)3/h15,17,19,21,23,25H,9-14,16,18,20,22,24,26H2,1-8H3. The summed E-state index contributed by atoms with van der Waals surface area (Å²) in [6.07, 6.45) is 24.7. The lowest BCUT2D eigenvalue weighted by Crippen LogP contribution is -2.08. The Morgan fingerprint density at radius 3 is 1.14 bits per heavy atom. The first-order valence-corrected chi connectivity index (χ1v) is 15.3. The zero-order valence-electron chi connectivity index (χ0n) is 24.6. The summed E-state index contributed by atoms with van der Waals surface area (Å²) < 4.78 is 27.6. The first-order valence-electron chi connectivity index (χ1n) is 13.7. The number of hydrogen-bond donors (Lipinski definition) is 0. The van der Waals surface area contributed by atoms with E-state index in [1.54, 1.807) is 6.92 Å². The molecular weight excluding hydrogens is 464 g/mol. The maximum absolute atomic E-state index is 11.3. The van der Waals surface area contributed by atoms with Crippen molar-refractivity contribution in [3.05, 3.63) is 69.9 Å². The predicted molar refractivity (Wildman–Crippen MR) is 160 cm³/mol. The van der Waals surface area contributed by atoms with Gasteiger partial charge in [-0.15, -0.1) is 0 Å². The Morgan fingerprint density at radius 2 is 0.833 bits per heavy atom. The van der Waals surface area contributed by atoms with E-state index in [0.29, 0.717) is 0 Å². The molecule has 0 aliphatic heterocycles. The van der Waals surface area contributed by atoms with Gasteiger partial charge in [-0.1, -0.05) is 69.9 Å². The largest absolute Gasteiger partial charge is 0.267 e. The lowest BCUT2D eigenvalue weighted by atomic mass is 10.0. The van der Waals surface area contributed by atoms with Crippen LogP contribution in [0.5, 0.6) is 0 Å². The van der Waals surface area contributed by atoms with Gasteiger partial charge in [0, 0.05) is 0 Å². The molecule has 0 spiro atoms. The van der Waals surface area contributed by atoms with Crippen molar-refractivity contribution in [1.82, 2.24) is 0 Å². The third-order valence-corrected chi connectivity index (χ3v) is 7.45. The molecule has 36 heavy (non-hydrogen) atoms. The van der Waals surface area contributed by atoms with Gasteiger partial charge in [0.15, 0.2) is 0 Å². The van der Waals surface area contributed by atoms with E-state index in [4.69, 9.17) is 4.18 Å². The van der Waals surface area contributed by atoms with E-state index in [1.165, 1.54) is 34.3 Å². The SMILES string of the molecule is CCS(=O)(=O)OCC=C(C)CCC=C(C)CCC=C(C)CCC=C(C)CCC=C(C)CCC=C(C)C. The Morgan fingerprint density at radius 1 is 0.528 bits per heavy atom. The van der Waals surface area contributed by atoms with Crippen LogP contribution in [0.25, 0.3) is 0 Å². The van der Waals surface area contributed by atoms with E-state index in [2.05, 4.69) is 71.9 Å². The lowest BCUT2D eigenvalue weighted by molar-refractivity contribution is 0.357.